The first kappa shape index (κ1) is 14.5. The molecule has 1 rings (SSSR count). The minimum absolute atomic E-state index is 0.0877. The summed E-state index contributed by atoms with van der Waals surface area (Å²) in [6, 6.07) is 6.23. The van der Waals surface area contributed by atoms with Crippen molar-refractivity contribution in [2.24, 2.45) is 5.73 Å². The maximum atomic E-state index is 6.21. The smallest absolute Gasteiger partial charge is 0.0456 e. The van der Waals surface area contributed by atoms with Crippen LogP contribution in [0.4, 0.5) is 0 Å². The average Bonchev–Trinajstić information content (AvgIpc) is 2.28. The lowest BCUT2D eigenvalue weighted by Crippen LogP contribution is -2.10. The molecule has 1 nitrogen and oxygen atoms in total. The Labute approximate surface area is 110 Å². The van der Waals surface area contributed by atoms with E-state index in [9.17, 15) is 0 Å². The van der Waals surface area contributed by atoms with Crippen molar-refractivity contribution in [1.82, 2.24) is 0 Å². The van der Waals surface area contributed by atoms with Crippen LogP contribution in [0.1, 0.15) is 62.6 Å². The Kier molecular flexibility index (Phi) is 6.61. The molecule has 17 heavy (non-hydrogen) atoms. The molecule has 1 unspecified atom stereocenters. The zero-order valence-electron chi connectivity index (χ0n) is 11.0. The van der Waals surface area contributed by atoms with Gasteiger partial charge in [-0.25, -0.2) is 0 Å². The number of benzene rings is 1. The van der Waals surface area contributed by atoms with Crippen molar-refractivity contribution in [3.63, 3.8) is 0 Å². The van der Waals surface area contributed by atoms with Crippen molar-refractivity contribution in [3.8, 4) is 0 Å². The zero-order chi connectivity index (χ0) is 12.7. The second-order valence-electron chi connectivity index (χ2n) is 4.83. The molecular weight excluding hydrogens is 230 g/mol. The third kappa shape index (κ3) is 5.10. The van der Waals surface area contributed by atoms with Crippen molar-refractivity contribution in [2.45, 2.75) is 58.4 Å². The Morgan fingerprint density at radius 2 is 1.88 bits per heavy atom. The largest absolute Gasteiger partial charge is 0.324 e. The van der Waals surface area contributed by atoms with Crippen molar-refractivity contribution in [1.29, 1.82) is 0 Å². The molecule has 0 bridgehead atoms. The molecule has 0 aliphatic heterocycles. The Morgan fingerprint density at radius 3 is 2.53 bits per heavy atom. The summed E-state index contributed by atoms with van der Waals surface area (Å²) >= 11 is 6.21. The summed E-state index contributed by atoms with van der Waals surface area (Å²) in [5.74, 6) is 0. The summed E-state index contributed by atoms with van der Waals surface area (Å²) in [5, 5.41) is 0.811. The van der Waals surface area contributed by atoms with E-state index in [4.69, 9.17) is 17.3 Å². The first-order valence-electron chi connectivity index (χ1n) is 6.66. The Morgan fingerprint density at radius 1 is 1.18 bits per heavy atom. The molecule has 0 saturated carbocycles. The van der Waals surface area contributed by atoms with Crippen LogP contribution < -0.4 is 5.73 Å². The third-order valence-corrected chi connectivity index (χ3v) is 3.50. The molecule has 2 heteroatoms. The molecule has 1 aromatic carbocycles. The monoisotopic (exact) mass is 253 g/mol. The van der Waals surface area contributed by atoms with Gasteiger partial charge in [0.1, 0.15) is 0 Å². The maximum Gasteiger partial charge on any atom is 0.0456 e. The van der Waals surface area contributed by atoms with E-state index in [0.29, 0.717) is 0 Å². The molecular formula is C15H24ClN. The summed E-state index contributed by atoms with van der Waals surface area (Å²) in [5.41, 5.74) is 8.46. The highest BCUT2D eigenvalue weighted by Gasteiger charge is 2.09. The van der Waals surface area contributed by atoms with Gasteiger partial charge in [-0.05, 0) is 30.5 Å². The highest BCUT2D eigenvalue weighted by atomic mass is 35.5. The summed E-state index contributed by atoms with van der Waals surface area (Å²) in [6.07, 6.45) is 7.46. The van der Waals surface area contributed by atoms with Gasteiger partial charge >= 0.3 is 0 Å². The molecule has 0 saturated heterocycles. The average molecular weight is 254 g/mol. The highest BCUT2D eigenvalue weighted by Crippen LogP contribution is 2.26. The molecule has 0 heterocycles. The predicted octanol–water partition coefficient (Wildman–Crippen LogP) is 5.01. The van der Waals surface area contributed by atoms with Gasteiger partial charge in [-0.1, -0.05) is 62.8 Å². The second kappa shape index (κ2) is 7.73. The molecule has 0 amide bonds. The van der Waals surface area contributed by atoms with E-state index in [0.717, 1.165) is 17.0 Å². The molecule has 0 aliphatic rings. The predicted molar refractivity (Wildman–Crippen MR) is 76.5 cm³/mol. The van der Waals surface area contributed by atoms with E-state index in [2.05, 4.69) is 19.1 Å². The van der Waals surface area contributed by atoms with Crippen LogP contribution in [0.2, 0.25) is 5.02 Å². The highest BCUT2D eigenvalue weighted by molar-refractivity contribution is 6.31. The van der Waals surface area contributed by atoms with Crippen molar-refractivity contribution in [3.05, 3.63) is 34.3 Å². The van der Waals surface area contributed by atoms with Crippen molar-refractivity contribution < 1.29 is 0 Å². The number of hydrogen-bond donors (Lipinski definition) is 1. The number of unbranched alkanes of at least 4 members (excludes halogenated alkanes) is 4. The van der Waals surface area contributed by atoms with Crippen molar-refractivity contribution >= 4 is 11.6 Å². The molecule has 2 N–H and O–H groups in total. The summed E-state index contributed by atoms with van der Waals surface area (Å²) in [4.78, 5) is 0. The Balaban J connectivity index is 2.38. The minimum atomic E-state index is 0.0877. The molecule has 0 aromatic heterocycles. The maximum absolute atomic E-state index is 6.21. The second-order valence-corrected chi connectivity index (χ2v) is 5.24. The first-order chi connectivity index (χ1) is 8.15. The van der Waals surface area contributed by atoms with Crippen LogP contribution >= 0.6 is 11.6 Å². The number of hydrogen-bond acceptors (Lipinski definition) is 1. The molecule has 0 radical (unpaired) electrons. The Hall–Kier alpha value is -0.530. The van der Waals surface area contributed by atoms with Crippen LogP contribution in [0.5, 0.6) is 0 Å². The first-order valence-corrected chi connectivity index (χ1v) is 7.04. The number of rotatable bonds is 7. The Bertz CT molecular complexity index is 336. The molecule has 0 spiro atoms. The van der Waals surface area contributed by atoms with Gasteiger partial charge in [0, 0.05) is 11.1 Å². The van der Waals surface area contributed by atoms with Gasteiger partial charge in [-0.2, -0.15) is 0 Å². The van der Waals surface area contributed by atoms with Gasteiger partial charge in [-0.3, -0.25) is 0 Å². The van der Waals surface area contributed by atoms with Crippen molar-refractivity contribution in [2.75, 3.05) is 0 Å². The number of aryl methyl sites for hydroxylation is 1. The zero-order valence-corrected chi connectivity index (χ0v) is 11.8. The van der Waals surface area contributed by atoms with Crippen LogP contribution in [0.15, 0.2) is 18.2 Å². The molecule has 0 aliphatic carbocycles. The van der Waals surface area contributed by atoms with Crippen LogP contribution in [0.25, 0.3) is 0 Å². The van der Waals surface area contributed by atoms with Crippen LogP contribution in [-0.4, -0.2) is 0 Å². The van der Waals surface area contributed by atoms with Gasteiger partial charge in [0.15, 0.2) is 0 Å². The lowest BCUT2D eigenvalue weighted by molar-refractivity contribution is 0.555. The summed E-state index contributed by atoms with van der Waals surface area (Å²) in [6.45, 7) is 4.28. The van der Waals surface area contributed by atoms with Gasteiger partial charge in [0.2, 0.25) is 0 Å². The van der Waals surface area contributed by atoms with Crippen LogP contribution in [0, 0.1) is 6.92 Å². The lowest BCUT2D eigenvalue weighted by atomic mass is 9.99. The quantitative estimate of drug-likeness (QED) is 0.680. The van der Waals surface area contributed by atoms with E-state index < -0.39 is 0 Å². The normalized spacial score (nSPS) is 12.7. The standard InChI is InChI=1S/C15H24ClN/c1-3-4-5-6-7-8-15(17)13-10-9-12(2)11-14(13)16/h9-11,15H,3-8,17H2,1-2H3. The lowest BCUT2D eigenvalue weighted by Gasteiger charge is -2.14. The van der Waals surface area contributed by atoms with Gasteiger partial charge in [0.05, 0.1) is 0 Å². The summed E-state index contributed by atoms with van der Waals surface area (Å²) < 4.78 is 0. The minimum Gasteiger partial charge on any atom is -0.324 e. The van der Waals surface area contributed by atoms with Gasteiger partial charge in [-0.15, -0.1) is 0 Å². The number of nitrogens with two attached hydrogens (primary N) is 1. The molecule has 96 valence electrons. The fraction of sp³-hybridized carbons (Fsp3) is 0.600. The van der Waals surface area contributed by atoms with E-state index in [1.807, 2.05) is 13.0 Å². The van der Waals surface area contributed by atoms with E-state index in [1.165, 1.54) is 37.7 Å². The van der Waals surface area contributed by atoms with Crippen LogP contribution in [0.3, 0.4) is 0 Å². The third-order valence-electron chi connectivity index (χ3n) is 3.17. The fourth-order valence-corrected chi connectivity index (χ4v) is 2.43. The van der Waals surface area contributed by atoms with Crippen LogP contribution in [-0.2, 0) is 0 Å². The molecule has 1 aromatic rings. The number of halogens is 1. The molecule has 0 fully saturated rings. The topological polar surface area (TPSA) is 26.0 Å². The fourth-order valence-electron chi connectivity index (χ4n) is 2.06. The van der Waals surface area contributed by atoms with Gasteiger partial charge in [0.25, 0.3) is 0 Å². The van der Waals surface area contributed by atoms with E-state index >= 15 is 0 Å². The molecule has 1 atom stereocenters. The van der Waals surface area contributed by atoms with E-state index in [1.54, 1.807) is 0 Å². The van der Waals surface area contributed by atoms with Gasteiger partial charge < -0.3 is 5.73 Å². The summed E-state index contributed by atoms with van der Waals surface area (Å²) in [7, 11) is 0. The van der Waals surface area contributed by atoms with E-state index in [-0.39, 0.29) is 6.04 Å². The SMILES string of the molecule is CCCCCCCC(N)c1ccc(C)cc1Cl.